The van der Waals surface area contributed by atoms with Crippen molar-refractivity contribution in [2.24, 2.45) is 0 Å². The summed E-state index contributed by atoms with van der Waals surface area (Å²) in [6, 6.07) is 0. The molecule has 0 radical (unpaired) electrons. The molecule has 4 amide bonds. The third kappa shape index (κ3) is 2.88. The Morgan fingerprint density at radius 2 is 1.55 bits per heavy atom. The Labute approximate surface area is 112 Å². The molecule has 0 aliphatic carbocycles. The second kappa shape index (κ2) is 5.61. The standard InChI is InChI=1S/C11H10N2O7/c14-7-1-2-8(15)12(7)19-6-5-11(18)20-13-9(16)3-4-10(13)17/h1-2H,3-6H2. The van der Waals surface area contributed by atoms with E-state index in [9.17, 15) is 24.0 Å². The molecular weight excluding hydrogens is 272 g/mol. The number of hydrogen-bond acceptors (Lipinski definition) is 7. The van der Waals surface area contributed by atoms with Crippen molar-refractivity contribution in [1.29, 1.82) is 0 Å². The molecule has 2 aliphatic rings. The Hall–Kier alpha value is -2.55. The number of carbonyl (C=O) groups is 5. The molecule has 2 aliphatic heterocycles. The highest BCUT2D eigenvalue weighted by molar-refractivity contribution is 6.11. The van der Waals surface area contributed by atoms with Crippen LogP contribution in [0.1, 0.15) is 19.3 Å². The van der Waals surface area contributed by atoms with Gasteiger partial charge in [-0.1, -0.05) is 0 Å². The first-order valence-electron chi connectivity index (χ1n) is 5.74. The summed E-state index contributed by atoms with van der Waals surface area (Å²) < 4.78 is 0. The highest BCUT2D eigenvalue weighted by atomic mass is 16.7. The lowest BCUT2D eigenvalue weighted by Crippen LogP contribution is -2.34. The molecular formula is C11H10N2O7. The van der Waals surface area contributed by atoms with E-state index in [2.05, 4.69) is 4.84 Å². The van der Waals surface area contributed by atoms with E-state index in [1.54, 1.807) is 0 Å². The van der Waals surface area contributed by atoms with Crippen molar-refractivity contribution in [3.8, 4) is 0 Å². The lowest BCUT2D eigenvalue weighted by molar-refractivity contribution is -0.202. The van der Waals surface area contributed by atoms with Crippen LogP contribution in [0, 0.1) is 0 Å². The van der Waals surface area contributed by atoms with Gasteiger partial charge in [-0.05, 0) is 0 Å². The maximum atomic E-state index is 11.4. The third-order valence-electron chi connectivity index (χ3n) is 2.49. The van der Waals surface area contributed by atoms with Crippen LogP contribution in [0.15, 0.2) is 12.2 Å². The van der Waals surface area contributed by atoms with Crippen molar-refractivity contribution in [3.63, 3.8) is 0 Å². The molecule has 0 atom stereocenters. The van der Waals surface area contributed by atoms with E-state index >= 15 is 0 Å². The molecule has 2 heterocycles. The second-order valence-corrected chi connectivity index (χ2v) is 3.93. The minimum absolute atomic E-state index is 0.00502. The van der Waals surface area contributed by atoms with Gasteiger partial charge < -0.3 is 4.84 Å². The lowest BCUT2D eigenvalue weighted by Gasteiger charge is -2.14. The maximum Gasteiger partial charge on any atom is 0.335 e. The Morgan fingerprint density at radius 1 is 1.00 bits per heavy atom. The Morgan fingerprint density at radius 3 is 2.10 bits per heavy atom. The van der Waals surface area contributed by atoms with Gasteiger partial charge in [0.2, 0.25) is 0 Å². The van der Waals surface area contributed by atoms with E-state index in [-0.39, 0.29) is 25.9 Å². The molecule has 0 bridgehead atoms. The summed E-state index contributed by atoms with van der Waals surface area (Å²) in [5.74, 6) is -3.33. The van der Waals surface area contributed by atoms with Gasteiger partial charge in [-0.2, -0.15) is 0 Å². The van der Waals surface area contributed by atoms with Crippen LogP contribution in [0.3, 0.4) is 0 Å². The zero-order valence-corrected chi connectivity index (χ0v) is 10.2. The average molecular weight is 282 g/mol. The van der Waals surface area contributed by atoms with E-state index in [1.165, 1.54) is 0 Å². The van der Waals surface area contributed by atoms with Crippen LogP contribution in [-0.4, -0.2) is 46.3 Å². The van der Waals surface area contributed by atoms with Crippen LogP contribution in [0.25, 0.3) is 0 Å². The summed E-state index contributed by atoms with van der Waals surface area (Å²) >= 11 is 0. The number of nitrogens with zero attached hydrogens (tertiary/aromatic N) is 2. The summed E-state index contributed by atoms with van der Waals surface area (Å²) in [7, 11) is 0. The highest BCUT2D eigenvalue weighted by Crippen LogP contribution is 2.12. The summed E-state index contributed by atoms with van der Waals surface area (Å²) in [5.41, 5.74) is 0. The molecule has 0 aromatic rings. The predicted octanol–water partition coefficient (Wildman–Crippen LogP) is -1.16. The SMILES string of the molecule is O=C(CCON1C(=O)C=CC1=O)ON1C(=O)CCC1=O. The smallest absolute Gasteiger partial charge is 0.330 e. The number of imide groups is 2. The van der Waals surface area contributed by atoms with Gasteiger partial charge in [-0.3, -0.25) is 24.0 Å². The first-order chi connectivity index (χ1) is 9.49. The molecule has 1 saturated heterocycles. The van der Waals surface area contributed by atoms with Gasteiger partial charge in [-0.15, -0.1) is 10.1 Å². The number of amides is 4. The van der Waals surface area contributed by atoms with Crippen LogP contribution in [0.4, 0.5) is 0 Å². The van der Waals surface area contributed by atoms with Crippen molar-refractivity contribution in [2.45, 2.75) is 19.3 Å². The fourth-order valence-corrected chi connectivity index (χ4v) is 1.54. The van der Waals surface area contributed by atoms with E-state index in [0.717, 1.165) is 12.2 Å². The quantitative estimate of drug-likeness (QED) is 0.585. The molecule has 0 spiro atoms. The Balaban J connectivity index is 1.73. The van der Waals surface area contributed by atoms with Gasteiger partial charge in [-0.25, -0.2) is 4.79 Å². The molecule has 9 heteroatoms. The number of hydrogen-bond donors (Lipinski definition) is 0. The predicted molar refractivity (Wildman–Crippen MR) is 58.7 cm³/mol. The number of hydroxylamine groups is 4. The Bertz CT molecular complexity index is 491. The Kier molecular flexibility index (Phi) is 3.89. The van der Waals surface area contributed by atoms with Gasteiger partial charge >= 0.3 is 5.97 Å². The first kappa shape index (κ1) is 13.9. The number of carbonyl (C=O) groups excluding carboxylic acids is 5. The zero-order valence-electron chi connectivity index (χ0n) is 10.2. The van der Waals surface area contributed by atoms with Crippen molar-refractivity contribution in [2.75, 3.05) is 6.61 Å². The minimum atomic E-state index is -0.874. The van der Waals surface area contributed by atoms with E-state index in [0.29, 0.717) is 10.1 Å². The zero-order chi connectivity index (χ0) is 14.7. The molecule has 0 unspecified atom stereocenters. The molecule has 1 fully saturated rings. The van der Waals surface area contributed by atoms with Crippen molar-refractivity contribution >= 4 is 29.6 Å². The third-order valence-corrected chi connectivity index (χ3v) is 2.49. The monoisotopic (exact) mass is 282 g/mol. The number of rotatable bonds is 5. The summed E-state index contributed by atoms with van der Waals surface area (Å²) in [4.78, 5) is 65.3. The molecule has 2 rings (SSSR count). The largest absolute Gasteiger partial charge is 0.335 e. The van der Waals surface area contributed by atoms with E-state index < -0.39 is 29.6 Å². The van der Waals surface area contributed by atoms with Gasteiger partial charge in [0.05, 0.1) is 13.0 Å². The average Bonchev–Trinajstić information content (AvgIpc) is 2.88. The summed E-state index contributed by atoms with van der Waals surface area (Å²) in [6.07, 6.45) is 1.74. The normalized spacial score (nSPS) is 18.4. The first-order valence-corrected chi connectivity index (χ1v) is 5.74. The molecule has 106 valence electrons. The topological polar surface area (TPSA) is 110 Å². The molecule has 0 saturated carbocycles. The van der Waals surface area contributed by atoms with Gasteiger partial charge in [0.25, 0.3) is 23.6 Å². The van der Waals surface area contributed by atoms with Gasteiger partial charge in [0.15, 0.2) is 0 Å². The van der Waals surface area contributed by atoms with E-state index in [4.69, 9.17) is 4.84 Å². The van der Waals surface area contributed by atoms with Crippen molar-refractivity contribution < 1.29 is 33.6 Å². The fourth-order valence-electron chi connectivity index (χ4n) is 1.54. The molecule has 0 aromatic heterocycles. The van der Waals surface area contributed by atoms with Crippen LogP contribution in [0.2, 0.25) is 0 Å². The van der Waals surface area contributed by atoms with Crippen LogP contribution < -0.4 is 0 Å². The highest BCUT2D eigenvalue weighted by Gasteiger charge is 2.33. The van der Waals surface area contributed by atoms with Crippen LogP contribution in [-0.2, 0) is 33.6 Å². The second-order valence-electron chi connectivity index (χ2n) is 3.93. The summed E-state index contributed by atoms with van der Waals surface area (Å²) in [5, 5.41) is 0.912. The minimum Gasteiger partial charge on any atom is -0.330 e. The molecule has 20 heavy (non-hydrogen) atoms. The molecule has 0 N–H and O–H groups in total. The van der Waals surface area contributed by atoms with Gasteiger partial charge in [0, 0.05) is 25.0 Å². The molecule has 9 nitrogen and oxygen atoms in total. The van der Waals surface area contributed by atoms with Crippen LogP contribution >= 0.6 is 0 Å². The molecule has 0 aromatic carbocycles. The van der Waals surface area contributed by atoms with Crippen molar-refractivity contribution in [3.05, 3.63) is 12.2 Å². The van der Waals surface area contributed by atoms with Gasteiger partial charge in [0.1, 0.15) is 0 Å². The van der Waals surface area contributed by atoms with E-state index in [1.807, 2.05) is 0 Å². The lowest BCUT2D eigenvalue weighted by atomic mass is 10.4. The fraction of sp³-hybridized carbons (Fsp3) is 0.364. The summed E-state index contributed by atoms with van der Waals surface area (Å²) in [6.45, 7) is -0.297. The van der Waals surface area contributed by atoms with Crippen molar-refractivity contribution in [1.82, 2.24) is 10.1 Å². The maximum absolute atomic E-state index is 11.4. The van der Waals surface area contributed by atoms with Crippen LogP contribution in [0.5, 0.6) is 0 Å².